The van der Waals surface area contributed by atoms with Crippen LogP contribution in [-0.2, 0) is 0 Å². The van der Waals surface area contributed by atoms with E-state index in [9.17, 15) is 0 Å². The molecule has 0 aliphatic heterocycles. The van der Waals surface area contributed by atoms with Crippen LogP contribution in [0.15, 0.2) is 34.9 Å². The molecule has 1 aromatic carbocycles. The largest absolute Gasteiger partial charge is 0.223 e. The first-order valence-corrected chi connectivity index (χ1v) is 5.66. The zero-order chi connectivity index (χ0) is 10.8. The van der Waals surface area contributed by atoms with Crippen molar-refractivity contribution in [2.45, 2.75) is 0 Å². The average Bonchev–Trinajstić information content (AvgIpc) is 2.17. The zero-order valence-corrected chi connectivity index (χ0v) is 10.5. The molecule has 0 bridgehead atoms. The van der Waals surface area contributed by atoms with E-state index in [4.69, 9.17) is 23.2 Å². The molecule has 2 aromatic rings. The van der Waals surface area contributed by atoms with Crippen molar-refractivity contribution in [1.82, 2.24) is 9.97 Å². The van der Waals surface area contributed by atoms with Gasteiger partial charge in [0.05, 0.1) is 5.69 Å². The predicted molar refractivity (Wildman–Crippen MR) is 65.2 cm³/mol. The van der Waals surface area contributed by atoms with Crippen molar-refractivity contribution in [3.8, 4) is 11.3 Å². The number of halogens is 3. The molecular formula is C10H5BrCl2N2. The summed E-state index contributed by atoms with van der Waals surface area (Å²) in [5.41, 5.74) is 1.71. The van der Waals surface area contributed by atoms with Crippen LogP contribution >= 0.6 is 39.1 Å². The Morgan fingerprint density at radius 1 is 1.00 bits per heavy atom. The molecule has 76 valence electrons. The molecule has 0 unspecified atom stereocenters. The van der Waals surface area contributed by atoms with Gasteiger partial charge in [-0.2, -0.15) is 0 Å². The second-order valence-corrected chi connectivity index (χ2v) is 4.44. The first-order chi connectivity index (χ1) is 7.15. The van der Waals surface area contributed by atoms with E-state index in [1.165, 1.54) is 0 Å². The van der Waals surface area contributed by atoms with Crippen LogP contribution in [0.4, 0.5) is 0 Å². The van der Waals surface area contributed by atoms with Crippen LogP contribution in [0.3, 0.4) is 0 Å². The minimum atomic E-state index is 0.217. The SMILES string of the molecule is Clc1ccc(-c2cc(Br)nc(Cl)n2)cc1. The Balaban J connectivity index is 2.49. The van der Waals surface area contributed by atoms with Crippen molar-refractivity contribution in [2.75, 3.05) is 0 Å². The molecule has 1 aromatic heterocycles. The molecule has 0 aliphatic rings. The molecule has 0 saturated carbocycles. The summed E-state index contributed by atoms with van der Waals surface area (Å²) in [6.45, 7) is 0. The second-order valence-electron chi connectivity index (χ2n) is 2.85. The van der Waals surface area contributed by atoms with Crippen LogP contribution < -0.4 is 0 Å². The summed E-state index contributed by atoms with van der Waals surface area (Å²) in [5, 5.41) is 0.910. The Kier molecular flexibility index (Phi) is 3.24. The Labute approximate surface area is 105 Å². The summed E-state index contributed by atoms with van der Waals surface area (Å²) < 4.78 is 0.660. The van der Waals surface area contributed by atoms with E-state index in [0.29, 0.717) is 9.63 Å². The third-order valence-electron chi connectivity index (χ3n) is 1.81. The smallest absolute Gasteiger partial charge is 0.218 e. The molecule has 5 heteroatoms. The van der Waals surface area contributed by atoms with Crippen molar-refractivity contribution >= 4 is 39.1 Å². The monoisotopic (exact) mass is 302 g/mol. The van der Waals surface area contributed by atoms with Crippen molar-refractivity contribution in [3.63, 3.8) is 0 Å². The van der Waals surface area contributed by atoms with E-state index in [-0.39, 0.29) is 5.28 Å². The lowest BCUT2D eigenvalue weighted by Crippen LogP contribution is -1.88. The molecule has 0 amide bonds. The molecule has 0 spiro atoms. The van der Waals surface area contributed by atoms with Gasteiger partial charge < -0.3 is 0 Å². The number of nitrogens with zero attached hydrogens (tertiary/aromatic N) is 2. The minimum Gasteiger partial charge on any atom is -0.218 e. The Morgan fingerprint density at radius 3 is 2.27 bits per heavy atom. The van der Waals surface area contributed by atoms with Crippen LogP contribution in [-0.4, -0.2) is 9.97 Å². The summed E-state index contributed by atoms with van der Waals surface area (Å²) in [6.07, 6.45) is 0. The molecule has 1 heterocycles. The van der Waals surface area contributed by atoms with E-state index in [0.717, 1.165) is 11.3 Å². The summed E-state index contributed by atoms with van der Waals surface area (Å²) >= 11 is 14.8. The molecule has 2 nitrogen and oxygen atoms in total. The van der Waals surface area contributed by atoms with Gasteiger partial charge in [-0.3, -0.25) is 0 Å². The van der Waals surface area contributed by atoms with Gasteiger partial charge in [-0.25, -0.2) is 9.97 Å². The van der Waals surface area contributed by atoms with Crippen molar-refractivity contribution in [2.24, 2.45) is 0 Å². The zero-order valence-electron chi connectivity index (χ0n) is 7.42. The van der Waals surface area contributed by atoms with Gasteiger partial charge >= 0.3 is 0 Å². The number of rotatable bonds is 1. The van der Waals surface area contributed by atoms with Gasteiger partial charge in [0.1, 0.15) is 4.60 Å². The summed E-state index contributed by atoms with van der Waals surface area (Å²) in [5.74, 6) is 0. The molecule has 0 radical (unpaired) electrons. The fourth-order valence-electron chi connectivity index (χ4n) is 1.16. The number of benzene rings is 1. The van der Waals surface area contributed by atoms with Crippen LogP contribution in [0.2, 0.25) is 10.3 Å². The lowest BCUT2D eigenvalue weighted by Gasteiger charge is -2.01. The van der Waals surface area contributed by atoms with Crippen LogP contribution in [0.5, 0.6) is 0 Å². The fraction of sp³-hybridized carbons (Fsp3) is 0. The highest BCUT2D eigenvalue weighted by atomic mass is 79.9. The Morgan fingerprint density at radius 2 is 1.67 bits per heavy atom. The van der Waals surface area contributed by atoms with Gasteiger partial charge in [0.2, 0.25) is 5.28 Å². The number of aromatic nitrogens is 2. The first-order valence-electron chi connectivity index (χ1n) is 4.11. The van der Waals surface area contributed by atoms with Gasteiger partial charge in [-0.1, -0.05) is 23.7 Å². The highest BCUT2D eigenvalue weighted by Gasteiger charge is 2.03. The average molecular weight is 304 g/mol. The van der Waals surface area contributed by atoms with Crippen molar-refractivity contribution < 1.29 is 0 Å². The highest BCUT2D eigenvalue weighted by molar-refractivity contribution is 9.10. The van der Waals surface area contributed by atoms with Gasteiger partial charge in [-0.05, 0) is 45.7 Å². The normalized spacial score (nSPS) is 10.3. The van der Waals surface area contributed by atoms with E-state index in [1.807, 2.05) is 12.1 Å². The van der Waals surface area contributed by atoms with Gasteiger partial charge in [0, 0.05) is 10.6 Å². The van der Waals surface area contributed by atoms with Crippen LogP contribution in [0.1, 0.15) is 0 Å². The first kappa shape index (κ1) is 10.9. The summed E-state index contributed by atoms with van der Waals surface area (Å²) in [7, 11) is 0. The molecule has 0 saturated heterocycles. The number of hydrogen-bond acceptors (Lipinski definition) is 2. The van der Waals surface area contributed by atoms with Crippen molar-refractivity contribution in [1.29, 1.82) is 0 Å². The third kappa shape index (κ3) is 2.68. The maximum absolute atomic E-state index is 5.79. The fourth-order valence-corrected chi connectivity index (χ4v) is 1.95. The lowest BCUT2D eigenvalue weighted by atomic mass is 10.1. The molecule has 15 heavy (non-hydrogen) atoms. The Bertz CT molecular complexity index is 465. The van der Waals surface area contributed by atoms with Gasteiger partial charge in [-0.15, -0.1) is 0 Å². The van der Waals surface area contributed by atoms with Crippen LogP contribution in [0, 0.1) is 0 Å². The molecular weight excluding hydrogens is 299 g/mol. The van der Waals surface area contributed by atoms with Gasteiger partial charge in [0.15, 0.2) is 0 Å². The van der Waals surface area contributed by atoms with E-state index < -0.39 is 0 Å². The standard InChI is InChI=1S/C10H5BrCl2N2/c11-9-5-8(14-10(13)15-9)6-1-3-7(12)4-2-6/h1-5H. The number of hydrogen-bond donors (Lipinski definition) is 0. The molecule has 0 N–H and O–H groups in total. The van der Waals surface area contributed by atoms with Gasteiger partial charge in [0.25, 0.3) is 0 Å². The lowest BCUT2D eigenvalue weighted by molar-refractivity contribution is 1.14. The molecule has 0 aliphatic carbocycles. The molecule has 0 atom stereocenters. The quantitative estimate of drug-likeness (QED) is 0.582. The van der Waals surface area contributed by atoms with E-state index >= 15 is 0 Å². The second kappa shape index (κ2) is 4.47. The maximum Gasteiger partial charge on any atom is 0.223 e. The molecule has 2 rings (SSSR count). The van der Waals surface area contributed by atoms with E-state index in [2.05, 4.69) is 25.9 Å². The highest BCUT2D eigenvalue weighted by Crippen LogP contribution is 2.23. The minimum absolute atomic E-state index is 0.217. The summed E-state index contributed by atoms with van der Waals surface area (Å²) in [6, 6.07) is 9.18. The maximum atomic E-state index is 5.79. The van der Waals surface area contributed by atoms with Crippen molar-refractivity contribution in [3.05, 3.63) is 45.2 Å². The topological polar surface area (TPSA) is 25.8 Å². The Hall–Kier alpha value is -0.640. The molecule has 0 fully saturated rings. The van der Waals surface area contributed by atoms with Crippen LogP contribution in [0.25, 0.3) is 11.3 Å². The van der Waals surface area contributed by atoms with E-state index in [1.54, 1.807) is 18.2 Å². The third-order valence-corrected chi connectivity index (χ3v) is 2.63. The summed E-state index contributed by atoms with van der Waals surface area (Å²) in [4.78, 5) is 8.04. The predicted octanol–water partition coefficient (Wildman–Crippen LogP) is 4.21.